The molecule has 9 heteroatoms. The monoisotopic (exact) mass is 640 g/mol. The van der Waals surface area contributed by atoms with Crippen LogP contribution in [-0.4, -0.2) is 17.1 Å². The Morgan fingerprint density at radius 3 is 2.34 bits per heavy atom. The van der Waals surface area contributed by atoms with Crippen LogP contribution in [0, 0.1) is 0 Å². The summed E-state index contributed by atoms with van der Waals surface area (Å²) >= 11 is 13.5. The van der Waals surface area contributed by atoms with Crippen molar-refractivity contribution in [3.63, 3.8) is 0 Å². The second kappa shape index (κ2) is 13.1. The number of esters is 1. The van der Waals surface area contributed by atoms with E-state index in [0.29, 0.717) is 43.0 Å². The number of thiazole rings is 1. The smallest absolute Gasteiger partial charge is 0.338 e. The molecule has 0 amide bonds. The summed E-state index contributed by atoms with van der Waals surface area (Å²) in [5.41, 5.74) is 3.77. The zero-order valence-electron chi connectivity index (χ0n) is 23.6. The fraction of sp³-hybridized carbons (Fsp3) is 0.114. The third-order valence-corrected chi connectivity index (χ3v) is 8.65. The number of fused-ring (bicyclic) bond motifs is 1. The Labute approximate surface area is 267 Å². The number of nitrogens with zero attached hydrogens (tertiary/aromatic N) is 2. The maximum absolute atomic E-state index is 14.0. The largest absolute Gasteiger partial charge is 0.489 e. The van der Waals surface area contributed by atoms with E-state index in [1.807, 2.05) is 97.1 Å². The van der Waals surface area contributed by atoms with E-state index in [1.165, 1.54) is 11.3 Å². The number of carbonyl (C=O) groups is 1. The third kappa shape index (κ3) is 6.13. The van der Waals surface area contributed by atoms with Gasteiger partial charge in [0.25, 0.3) is 5.56 Å². The molecule has 0 unspecified atom stereocenters. The molecule has 0 radical (unpaired) electrons. The number of carbonyl (C=O) groups excluding carboxylic acids is 1. The van der Waals surface area contributed by atoms with Crippen LogP contribution in [0.1, 0.15) is 35.2 Å². The molecule has 0 saturated carbocycles. The third-order valence-electron chi connectivity index (χ3n) is 7.08. The van der Waals surface area contributed by atoms with Crippen molar-refractivity contribution in [2.45, 2.75) is 19.6 Å². The predicted molar refractivity (Wildman–Crippen MR) is 175 cm³/mol. The van der Waals surface area contributed by atoms with Crippen molar-refractivity contribution in [3.8, 4) is 5.75 Å². The van der Waals surface area contributed by atoms with Crippen molar-refractivity contribution in [1.29, 1.82) is 0 Å². The molecule has 6 rings (SSSR count). The maximum Gasteiger partial charge on any atom is 0.338 e. The van der Waals surface area contributed by atoms with E-state index in [9.17, 15) is 9.59 Å². The number of ether oxygens (including phenoxy) is 2. The Hall–Kier alpha value is -4.43. The number of benzene rings is 4. The lowest BCUT2D eigenvalue weighted by molar-refractivity contribution is -0.138. The van der Waals surface area contributed by atoms with Gasteiger partial charge in [0, 0.05) is 21.2 Å². The zero-order valence-corrected chi connectivity index (χ0v) is 25.9. The second-order valence-corrected chi connectivity index (χ2v) is 11.8. The number of aromatic nitrogens is 1. The van der Waals surface area contributed by atoms with Crippen molar-refractivity contribution in [3.05, 3.63) is 161 Å². The summed E-state index contributed by atoms with van der Waals surface area (Å²) in [6, 6.07) is 31.0. The molecule has 0 saturated heterocycles. The maximum atomic E-state index is 14.0. The van der Waals surface area contributed by atoms with Crippen LogP contribution in [0.3, 0.4) is 0 Å². The van der Waals surface area contributed by atoms with E-state index in [1.54, 1.807) is 23.6 Å². The molecule has 5 aromatic rings. The Bertz CT molecular complexity index is 2040. The molecule has 1 aliphatic heterocycles. The highest BCUT2D eigenvalue weighted by Crippen LogP contribution is 2.35. The highest BCUT2D eigenvalue weighted by Gasteiger charge is 2.35. The SMILES string of the molecule is CCOC(=O)C1=C(c2ccccc2)N=c2s/c(=C\c3ccc(OCc4ccc(Cl)cc4Cl)cc3)c(=O)n2[C@H]1c1ccccc1. The van der Waals surface area contributed by atoms with Crippen LogP contribution in [0.25, 0.3) is 11.8 Å². The Balaban J connectivity index is 1.41. The van der Waals surface area contributed by atoms with Crippen LogP contribution in [-0.2, 0) is 16.1 Å². The molecule has 1 aromatic heterocycles. The summed E-state index contributed by atoms with van der Waals surface area (Å²) in [6.45, 7) is 2.25. The molecule has 44 heavy (non-hydrogen) atoms. The fourth-order valence-electron chi connectivity index (χ4n) is 5.00. The first kappa shape index (κ1) is 29.6. The second-order valence-electron chi connectivity index (χ2n) is 9.94. The first-order chi connectivity index (χ1) is 21.4. The first-order valence-corrected chi connectivity index (χ1v) is 15.5. The van der Waals surface area contributed by atoms with Gasteiger partial charge in [0.05, 0.1) is 28.5 Å². The van der Waals surface area contributed by atoms with Crippen LogP contribution in [0.4, 0.5) is 0 Å². The summed E-state index contributed by atoms with van der Waals surface area (Å²) in [4.78, 5) is 32.9. The van der Waals surface area contributed by atoms with E-state index in [2.05, 4.69) is 0 Å². The lowest BCUT2D eigenvalue weighted by Crippen LogP contribution is -2.39. The number of hydrogen-bond donors (Lipinski definition) is 0. The molecule has 2 heterocycles. The van der Waals surface area contributed by atoms with Gasteiger partial charge in [-0.1, -0.05) is 113 Å². The minimum Gasteiger partial charge on any atom is -0.489 e. The van der Waals surface area contributed by atoms with Gasteiger partial charge < -0.3 is 9.47 Å². The summed E-state index contributed by atoms with van der Waals surface area (Å²) in [5, 5.41) is 1.11. The first-order valence-electron chi connectivity index (χ1n) is 13.9. The molecule has 0 aliphatic carbocycles. The van der Waals surface area contributed by atoms with Gasteiger partial charge in [-0.05, 0) is 48.4 Å². The van der Waals surface area contributed by atoms with E-state index < -0.39 is 12.0 Å². The number of rotatable bonds is 8. The van der Waals surface area contributed by atoms with Gasteiger partial charge in [0.1, 0.15) is 12.4 Å². The molecule has 220 valence electrons. The summed E-state index contributed by atoms with van der Waals surface area (Å²) in [5.74, 6) is 0.152. The van der Waals surface area contributed by atoms with Crippen LogP contribution < -0.4 is 19.6 Å². The minimum absolute atomic E-state index is 0.197. The minimum atomic E-state index is -0.709. The lowest BCUT2D eigenvalue weighted by Gasteiger charge is -2.25. The van der Waals surface area contributed by atoms with Gasteiger partial charge in [0.2, 0.25) is 0 Å². The van der Waals surface area contributed by atoms with E-state index in [-0.39, 0.29) is 12.2 Å². The summed E-state index contributed by atoms with van der Waals surface area (Å²) < 4.78 is 13.5. The van der Waals surface area contributed by atoms with Crippen molar-refractivity contribution < 1.29 is 14.3 Å². The number of hydrogen-bond acceptors (Lipinski definition) is 6. The average molecular weight is 642 g/mol. The van der Waals surface area contributed by atoms with E-state index >= 15 is 0 Å². The molecule has 4 aromatic carbocycles. The van der Waals surface area contributed by atoms with Crippen LogP contribution in [0.5, 0.6) is 5.75 Å². The molecule has 0 N–H and O–H groups in total. The fourth-order valence-corrected chi connectivity index (χ4v) is 6.47. The van der Waals surface area contributed by atoms with Crippen LogP contribution in [0.2, 0.25) is 10.0 Å². The highest BCUT2D eigenvalue weighted by molar-refractivity contribution is 7.07. The Morgan fingerprint density at radius 1 is 0.955 bits per heavy atom. The Kier molecular flexibility index (Phi) is 8.79. The summed E-state index contributed by atoms with van der Waals surface area (Å²) in [7, 11) is 0. The molecule has 0 fully saturated rings. The predicted octanol–water partition coefficient (Wildman–Crippen LogP) is 6.82. The normalized spacial score (nSPS) is 14.6. The van der Waals surface area contributed by atoms with Gasteiger partial charge in [-0.3, -0.25) is 9.36 Å². The van der Waals surface area contributed by atoms with Crippen molar-refractivity contribution in [1.82, 2.24) is 4.57 Å². The molecular weight excluding hydrogens is 615 g/mol. The van der Waals surface area contributed by atoms with Gasteiger partial charge in [-0.15, -0.1) is 0 Å². The number of halogens is 2. The van der Waals surface area contributed by atoms with Gasteiger partial charge in [-0.2, -0.15) is 0 Å². The molecule has 0 bridgehead atoms. The van der Waals surface area contributed by atoms with E-state index in [4.69, 9.17) is 37.7 Å². The van der Waals surface area contributed by atoms with Crippen LogP contribution in [0.15, 0.2) is 118 Å². The Morgan fingerprint density at radius 2 is 1.66 bits per heavy atom. The molecule has 6 nitrogen and oxygen atoms in total. The summed E-state index contributed by atoms with van der Waals surface area (Å²) in [6.07, 6.45) is 1.82. The topological polar surface area (TPSA) is 69.9 Å². The highest BCUT2D eigenvalue weighted by atomic mass is 35.5. The standard InChI is InChI=1S/C35H26Cl2N2O4S/c1-2-42-34(41)30-31(23-9-5-3-6-10-23)38-35-39(32(30)24-11-7-4-8-12-24)33(40)29(44-35)19-22-13-17-27(18-14-22)43-21-25-15-16-26(36)20-28(25)37/h3-20,32H,2,21H2,1H3/b29-19-/t32-/m0/s1. The van der Waals surface area contributed by atoms with Gasteiger partial charge in [-0.25, -0.2) is 9.79 Å². The van der Waals surface area contributed by atoms with Crippen molar-refractivity contribution >= 4 is 52.3 Å². The van der Waals surface area contributed by atoms with Crippen molar-refractivity contribution in [2.75, 3.05) is 6.61 Å². The molecule has 1 aliphatic rings. The van der Waals surface area contributed by atoms with Gasteiger partial charge in [0.15, 0.2) is 4.80 Å². The molecule has 1 atom stereocenters. The average Bonchev–Trinajstić information content (AvgIpc) is 3.35. The van der Waals surface area contributed by atoms with Gasteiger partial charge >= 0.3 is 5.97 Å². The zero-order chi connectivity index (χ0) is 30.6. The lowest BCUT2D eigenvalue weighted by atomic mass is 9.93. The quantitative estimate of drug-likeness (QED) is 0.175. The van der Waals surface area contributed by atoms with E-state index in [0.717, 1.165) is 22.3 Å². The van der Waals surface area contributed by atoms with Crippen LogP contribution >= 0.6 is 34.5 Å². The molecule has 0 spiro atoms. The molecular formula is C35H26Cl2N2O4S. The van der Waals surface area contributed by atoms with Crippen molar-refractivity contribution in [2.24, 2.45) is 4.99 Å².